The minimum atomic E-state index is -3.76. The molecule has 120 valence electrons. The van der Waals surface area contributed by atoms with Crippen molar-refractivity contribution >= 4 is 21.1 Å². The maximum atomic E-state index is 12.9. The van der Waals surface area contributed by atoms with Crippen molar-refractivity contribution in [1.29, 1.82) is 0 Å². The number of aromatic nitrogens is 2. The fourth-order valence-corrected chi connectivity index (χ4v) is 3.59. The largest absolute Gasteiger partial charge is 0.323 e. The highest BCUT2D eigenvalue weighted by Crippen LogP contribution is 2.20. The van der Waals surface area contributed by atoms with Gasteiger partial charge in [-0.3, -0.25) is 0 Å². The zero-order valence-electron chi connectivity index (χ0n) is 12.2. The Morgan fingerprint density at radius 1 is 1.09 bits per heavy atom. The molecule has 1 aromatic heterocycles. The van der Waals surface area contributed by atoms with Crippen LogP contribution in [0.5, 0.6) is 0 Å². The number of rotatable bonds is 4. The van der Waals surface area contributed by atoms with Crippen molar-refractivity contribution in [2.24, 2.45) is 0 Å². The van der Waals surface area contributed by atoms with Gasteiger partial charge in [0.25, 0.3) is 0 Å². The van der Waals surface area contributed by atoms with Crippen LogP contribution in [0.15, 0.2) is 46.1 Å². The summed E-state index contributed by atoms with van der Waals surface area (Å²) in [5.41, 5.74) is 1.73. The highest BCUT2D eigenvalue weighted by molar-refractivity contribution is 7.89. The Kier molecular flexibility index (Phi) is 3.78. The highest BCUT2D eigenvalue weighted by atomic mass is 32.2. The number of benzene rings is 2. The molecule has 0 fully saturated rings. The Morgan fingerprint density at radius 3 is 2.35 bits per heavy atom. The fourth-order valence-electron chi connectivity index (χ4n) is 2.32. The maximum absolute atomic E-state index is 12.9. The van der Waals surface area contributed by atoms with Gasteiger partial charge in [0.05, 0.1) is 15.9 Å². The third kappa shape index (κ3) is 3.17. The number of imidazole rings is 1. The molecule has 3 N–H and O–H groups in total. The fraction of sp³-hybridized carbons (Fsp3) is 0.133. The number of hydrogen-bond donors (Lipinski definition) is 3. The van der Waals surface area contributed by atoms with E-state index in [2.05, 4.69) is 14.7 Å². The molecule has 1 heterocycles. The number of H-pyrrole nitrogens is 2. The summed E-state index contributed by atoms with van der Waals surface area (Å²) in [6.45, 7) is 1.70. The molecule has 23 heavy (non-hydrogen) atoms. The average molecular weight is 335 g/mol. The van der Waals surface area contributed by atoms with E-state index in [1.54, 1.807) is 13.0 Å². The van der Waals surface area contributed by atoms with E-state index in [0.29, 0.717) is 22.2 Å². The number of fused-ring (bicyclic) bond motifs is 1. The molecule has 0 saturated carbocycles. The molecule has 2 aromatic carbocycles. The first-order chi connectivity index (χ1) is 10.8. The first-order valence-corrected chi connectivity index (χ1v) is 8.30. The normalized spacial score (nSPS) is 11.9. The van der Waals surface area contributed by atoms with E-state index in [-0.39, 0.29) is 17.3 Å². The number of nitrogens with one attached hydrogen (secondary N) is 3. The van der Waals surface area contributed by atoms with Crippen LogP contribution >= 0.6 is 0 Å². The molecule has 6 nitrogen and oxygen atoms in total. The van der Waals surface area contributed by atoms with E-state index in [9.17, 15) is 17.6 Å². The highest BCUT2D eigenvalue weighted by Gasteiger charge is 2.18. The van der Waals surface area contributed by atoms with E-state index >= 15 is 0 Å². The quantitative estimate of drug-likeness (QED) is 0.678. The Hall–Kier alpha value is -2.45. The average Bonchev–Trinajstić information content (AvgIpc) is 2.85. The van der Waals surface area contributed by atoms with Crippen molar-refractivity contribution in [3.05, 3.63) is 63.8 Å². The van der Waals surface area contributed by atoms with Gasteiger partial charge in [-0.2, -0.15) is 0 Å². The molecule has 0 amide bonds. The lowest BCUT2D eigenvalue weighted by Gasteiger charge is -2.09. The molecule has 0 aliphatic heterocycles. The summed E-state index contributed by atoms with van der Waals surface area (Å²) in [6.07, 6.45) is 0. The van der Waals surface area contributed by atoms with Crippen molar-refractivity contribution in [1.82, 2.24) is 14.7 Å². The van der Waals surface area contributed by atoms with Crippen molar-refractivity contribution in [2.75, 3.05) is 0 Å². The number of sulfonamides is 1. The molecule has 8 heteroatoms. The van der Waals surface area contributed by atoms with E-state index in [4.69, 9.17) is 0 Å². The molecular formula is C15H14FN3O3S. The lowest BCUT2D eigenvalue weighted by molar-refractivity contribution is 0.580. The summed E-state index contributed by atoms with van der Waals surface area (Å²) in [7, 11) is -3.76. The second-order valence-corrected chi connectivity index (χ2v) is 6.93. The summed E-state index contributed by atoms with van der Waals surface area (Å²) in [5.74, 6) is -0.380. The third-order valence-electron chi connectivity index (χ3n) is 3.48. The summed E-state index contributed by atoms with van der Waals surface area (Å²) >= 11 is 0. The molecule has 3 rings (SSSR count). The van der Waals surface area contributed by atoms with Crippen LogP contribution in [0.1, 0.15) is 11.1 Å². The number of hydrogen-bond acceptors (Lipinski definition) is 3. The van der Waals surface area contributed by atoms with Gasteiger partial charge in [0.1, 0.15) is 5.82 Å². The predicted octanol–water partition coefficient (Wildman–Crippen LogP) is 1.78. The Labute approximate surface area is 131 Å². The first kappa shape index (κ1) is 15.4. The number of halogens is 1. The Bertz CT molecular complexity index is 1020. The zero-order valence-corrected chi connectivity index (χ0v) is 13.0. The molecule has 0 saturated heterocycles. The van der Waals surface area contributed by atoms with Crippen molar-refractivity contribution < 1.29 is 12.8 Å². The standard InChI is InChI=1S/C15H14FN3O3S/c1-9-6-12-13(19-15(20)18-12)7-14(9)23(21,22)17-8-10-2-4-11(16)5-3-10/h2-7,17H,8H2,1H3,(H2,18,19,20). The number of aromatic amines is 2. The molecule has 0 spiro atoms. The second-order valence-electron chi connectivity index (χ2n) is 5.19. The Morgan fingerprint density at radius 2 is 1.70 bits per heavy atom. The topological polar surface area (TPSA) is 94.8 Å². The SMILES string of the molecule is Cc1cc2[nH]c(=O)[nH]c2cc1S(=O)(=O)NCc1ccc(F)cc1. The van der Waals surface area contributed by atoms with E-state index < -0.39 is 15.7 Å². The van der Waals surface area contributed by atoms with E-state index in [1.165, 1.54) is 30.3 Å². The maximum Gasteiger partial charge on any atom is 0.323 e. The van der Waals surface area contributed by atoms with Gasteiger partial charge in [-0.25, -0.2) is 22.3 Å². The summed E-state index contributed by atoms with van der Waals surface area (Å²) in [4.78, 5) is 16.5. The van der Waals surface area contributed by atoms with Gasteiger partial charge in [0, 0.05) is 6.54 Å². The van der Waals surface area contributed by atoms with Crippen LogP contribution in [-0.2, 0) is 16.6 Å². The predicted molar refractivity (Wildman–Crippen MR) is 84.1 cm³/mol. The molecule has 0 unspecified atom stereocenters. The van der Waals surface area contributed by atoms with Crippen LogP contribution in [0, 0.1) is 12.7 Å². The zero-order chi connectivity index (χ0) is 16.6. The third-order valence-corrected chi connectivity index (χ3v) is 5.02. The first-order valence-electron chi connectivity index (χ1n) is 6.82. The lowest BCUT2D eigenvalue weighted by atomic mass is 10.2. The minimum absolute atomic E-state index is 0.0454. The van der Waals surface area contributed by atoms with Crippen LogP contribution in [-0.4, -0.2) is 18.4 Å². The summed E-state index contributed by atoms with van der Waals surface area (Å²) in [6, 6.07) is 8.57. The van der Waals surface area contributed by atoms with E-state index in [0.717, 1.165) is 0 Å². The molecule has 3 aromatic rings. The minimum Gasteiger partial charge on any atom is -0.306 e. The van der Waals surface area contributed by atoms with Crippen LogP contribution in [0.3, 0.4) is 0 Å². The molecular weight excluding hydrogens is 321 g/mol. The van der Waals surface area contributed by atoms with Crippen molar-refractivity contribution in [3.63, 3.8) is 0 Å². The summed E-state index contributed by atoms with van der Waals surface area (Å²) < 4.78 is 40.2. The lowest BCUT2D eigenvalue weighted by Crippen LogP contribution is -2.24. The smallest absolute Gasteiger partial charge is 0.306 e. The molecule has 0 radical (unpaired) electrons. The monoisotopic (exact) mass is 335 g/mol. The van der Waals surface area contributed by atoms with Crippen LogP contribution in [0.25, 0.3) is 11.0 Å². The molecule has 0 aliphatic carbocycles. The van der Waals surface area contributed by atoms with Gasteiger partial charge in [0.15, 0.2) is 0 Å². The summed E-state index contributed by atoms with van der Waals surface area (Å²) in [5, 5.41) is 0. The Balaban J connectivity index is 1.91. The van der Waals surface area contributed by atoms with Gasteiger partial charge in [-0.15, -0.1) is 0 Å². The van der Waals surface area contributed by atoms with Crippen LogP contribution in [0.2, 0.25) is 0 Å². The van der Waals surface area contributed by atoms with E-state index in [1.807, 2.05) is 0 Å². The van der Waals surface area contributed by atoms with Gasteiger partial charge >= 0.3 is 5.69 Å². The van der Waals surface area contributed by atoms with Gasteiger partial charge in [0.2, 0.25) is 10.0 Å². The second kappa shape index (κ2) is 5.64. The van der Waals surface area contributed by atoms with Crippen LogP contribution in [0.4, 0.5) is 4.39 Å². The molecule has 0 bridgehead atoms. The van der Waals surface area contributed by atoms with Gasteiger partial charge < -0.3 is 9.97 Å². The van der Waals surface area contributed by atoms with Gasteiger partial charge in [-0.05, 0) is 42.3 Å². The molecule has 0 atom stereocenters. The number of aryl methyl sites for hydroxylation is 1. The van der Waals surface area contributed by atoms with Crippen LogP contribution < -0.4 is 10.4 Å². The van der Waals surface area contributed by atoms with Crippen molar-refractivity contribution in [3.8, 4) is 0 Å². The van der Waals surface area contributed by atoms with Crippen molar-refractivity contribution in [2.45, 2.75) is 18.4 Å². The molecule has 0 aliphatic rings. The van der Waals surface area contributed by atoms with Gasteiger partial charge in [-0.1, -0.05) is 12.1 Å².